The van der Waals surface area contributed by atoms with E-state index in [4.69, 9.17) is 4.74 Å². The van der Waals surface area contributed by atoms with E-state index in [0.717, 1.165) is 23.1 Å². The Morgan fingerprint density at radius 2 is 1.62 bits per heavy atom. The van der Waals surface area contributed by atoms with Gasteiger partial charge < -0.3 is 9.22 Å². The fraction of sp³-hybridized carbons (Fsp3) is 0.361. The summed E-state index contributed by atoms with van der Waals surface area (Å²) in [5.41, 5.74) is 4.42. The summed E-state index contributed by atoms with van der Waals surface area (Å²) in [6, 6.07) is 37.0. The Hall–Kier alpha value is -3.45. The minimum Gasteiger partial charge on any atom is -0.359 e. The van der Waals surface area contributed by atoms with Crippen molar-refractivity contribution in [3.63, 3.8) is 0 Å². The Morgan fingerprint density at radius 3 is 2.41 bits per heavy atom. The molecule has 196 valence electrons. The van der Waals surface area contributed by atoms with Gasteiger partial charge in [0.25, 0.3) is 0 Å². The van der Waals surface area contributed by atoms with Crippen molar-refractivity contribution in [3.05, 3.63) is 119 Å². The molecule has 0 amide bonds. The number of fused-ring (bicyclic) bond motifs is 1. The molecule has 4 aromatic rings. The number of nitrogens with zero attached hydrogens (tertiary/aromatic N) is 2. The monoisotopic (exact) mass is 513 g/mol. The van der Waals surface area contributed by atoms with Gasteiger partial charge in [-0.05, 0) is 53.8 Å². The van der Waals surface area contributed by atoms with Crippen LogP contribution in [0.4, 0.5) is 0 Å². The highest BCUT2D eigenvalue weighted by molar-refractivity contribution is 5.86. The van der Waals surface area contributed by atoms with Gasteiger partial charge in [-0.3, -0.25) is 0 Å². The van der Waals surface area contributed by atoms with Crippen LogP contribution in [-0.4, -0.2) is 23.1 Å². The van der Waals surface area contributed by atoms with Crippen molar-refractivity contribution in [2.45, 2.75) is 51.0 Å². The van der Waals surface area contributed by atoms with Gasteiger partial charge in [0.15, 0.2) is 5.60 Å². The molecule has 3 aliphatic rings. The minimum absolute atomic E-state index is 0.140. The molecule has 2 saturated heterocycles. The SMILES string of the molecule is C[C@@H]1C[N@@+]2(Cc3ccc(C#N)cc3)C[C@](OCc3ccccc3)(c3cccc4ccccc34)[C@H]3CC[C@@H]1[C@]32C. The number of benzene rings is 4. The first-order chi connectivity index (χ1) is 19.0. The normalized spacial score (nSPS) is 32.8. The molecular formula is C36H37N2O+. The molecule has 1 aliphatic carbocycles. The molecule has 0 N–H and O–H groups in total. The highest BCUT2D eigenvalue weighted by Crippen LogP contribution is 2.68. The molecular weight excluding hydrogens is 476 g/mol. The molecule has 0 radical (unpaired) electrons. The van der Waals surface area contributed by atoms with Crippen LogP contribution >= 0.6 is 0 Å². The Morgan fingerprint density at radius 1 is 0.872 bits per heavy atom. The molecule has 2 heterocycles. The molecule has 2 aliphatic heterocycles. The molecule has 0 aromatic heterocycles. The lowest BCUT2D eigenvalue weighted by Gasteiger charge is -2.43. The number of nitriles is 1. The summed E-state index contributed by atoms with van der Waals surface area (Å²) in [4.78, 5) is 0. The molecule has 39 heavy (non-hydrogen) atoms. The van der Waals surface area contributed by atoms with Crippen LogP contribution in [-0.2, 0) is 23.5 Å². The molecule has 3 heteroatoms. The first-order valence-corrected chi connectivity index (χ1v) is 14.5. The molecule has 7 rings (SSSR count). The summed E-state index contributed by atoms with van der Waals surface area (Å²) in [7, 11) is 0. The number of rotatable bonds is 6. The number of quaternary nitrogens is 1. The van der Waals surface area contributed by atoms with E-state index >= 15 is 0 Å². The molecule has 1 saturated carbocycles. The highest BCUT2D eigenvalue weighted by atomic mass is 16.5. The smallest absolute Gasteiger partial charge is 0.151 e. The average molecular weight is 514 g/mol. The van der Waals surface area contributed by atoms with Gasteiger partial charge in [0.05, 0.1) is 30.7 Å². The van der Waals surface area contributed by atoms with Crippen LogP contribution in [0.2, 0.25) is 0 Å². The summed E-state index contributed by atoms with van der Waals surface area (Å²) in [5.74, 6) is 1.82. The Kier molecular flexibility index (Phi) is 5.70. The van der Waals surface area contributed by atoms with E-state index in [9.17, 15) is 5.26 Å². The summed E-state index contributed by atoms with van der Waals surface area (Å²) < 4.78 is 8.44. The lowest BCUT2D eigenvalue weighted by molar-refractivity contribution is -0.968. The lowest BCUT2D eigenvalue weighted by Crippen LogP contribution is -2.57. The van der Waals surface area contributed by atoms with Gasteiger partial charge >= 0.3 is 0 Å². The molecule has 0 bridgehead atoms. The average Bonchev–Trinajstić information content (AvgIpc) is 3.52. The Bertz CT molecular complexity index is 1550. The van der Waals surface area contributed by atoms with Crippen molar-refractivity contribution < 1.29 is 9.22 Å². The first-order valence-electron chi connectivity index (χ1n) is 14.5. The van der Waals surface area contributed by atoms with Gasteiger partial charge in [-0.1, -0.05) is 91.9 Å². The van der Waals surface area contributed by atoms with E-state index in [-0.39, 0.29) is 11.1 Å². The van der Waals surface area contributed by atoms with Crippen molar-refractivity contribution >= 4 is 10.8 Å². The van der Waals surface area contributed by atoms with E-state index in [0.29, 0.717) is 24.4 Å². The van der Waals surface area contributed by atoms with Crippen LogP contribution in [0.5, 0.6) is 0 Å². The van der Waals surface area contributed by atoms with Crippen LogP contribution in [0, 0.1) is 29.1 Å². The maximum Gasteiger partial charge on any atom is 0.151 e. The third kappa shape index (κ3) is 3.55. The standard InChI is InChI=1S/C36H37N2O/c1-26-22-38(23-28-17-15-27(21-37)16-18-28)25-36(34-20-19-32(26)35(34,38)2,39-24-29-9-4-3-5-10-29)33-14-8-12-30-11-6-7-13-31(30)33/h3-18,26,32,34H,19-20,22-25H2,1-2H3/q+1/t26-,32+,34+,35-,36+,38-/m1/s1. The zero-order chi connectivity index (χ0) is 26.7. The molecule has 6 atom stereocenters. The van der Waals surface area contributed by atoms with Gasteiger partial charge in [0.1, 0.15) is 18.6 Å². The minimum atomic E-state index is -0.368. The predicted molar refractivity (Wildman–Crippen MR) is 155 cm³/mol. The summed E-state index contributed by atoms with van der Waals surface area (Å²) in [6.45, 7) is 8.85. The maximum atomic E-state index is 9.38. The van der Waals surface area contributed by atoms with E-state index < -0.39 is 0 Å². The topological polar surface area (TPSA) is 33.0 Å². The molecule has 0 spiro atoms. The fourth-order valence-electron chi connectivity index (χ4n) is 9.31. The first kappa shape index (κ1) is 24.6. The number of hydrogen-bond acceptors (Lipinski definition) is 2. The quantitative estimate of drug-likeness (QED) is 0.249. The second-order valence-electron chi connectivity index (χ2n) is 12.6. The van der Waals surface area contributed by atoms with Crippen molar-refractivity contribution in [2.24, 2.45) is 17.8 Å². The lowest BCUT2D eigenvalue weighted by atomic mass is 9.72. The van der Waals surface area contributed by atoms with E-state index in [2.05, 4.69) is 105 Å². The number of hydrogen-bond donors (Lipinski definition) is 0. The van der Waals surface area contributed by atoms with Crippen LogP contribution in [0.1, 0.15) is 48.9 Å². The van der Waals surface area contributed by atoms with Crippen molar-refractivity contribution in [3.8, 4) is 6.07 Å². The van der Waals surface area contributed by atoms with Crippen LogP contribution in [0.15, 0.2) is 97.1 Å². The molecule has 4 aromatic carbocycles. The van der Waals surface area contributed by atoms with Gasteiger partial charge in [-0.2, -0.15) is 5.26 Å². The van der Waals surface area contributed by atoms with Gasteiger partial charge in [-0.25, -0.2) is 0 Å². The van der Waals surface area contributed by atoms with Crippen LogP contribution in [0.25, 0.3) is 10.8 Å². The Balaban J connectivity index is 1.40. The maximum absolute atomic E-state index is 9.38. The third-order valence-corrected chi connectivity index (χ3v) is 10.8. The second kappa shape index (κ2) is 9.05. The largest absolute Gasteiger partial charge is 0.359 e. The molecule has 3 nitrogen and oxygen atoms in total. The van der Waals surface area contributed by atoms with Gasteiger partial charge in [0.2, 0.25) is 0 Å². The van der Waals surface area contributed by atoms with Crippen molar-refractivity contribution in [2.75, 3.05) is 13.1 Å². The van der Waals surface area contributed by atoms with E-state index in [1.54, 1.807) is 0 Å². The van der Waals surface area contributed by atoms with E-state index in [1.165, 1.54) is 46.8 Å². The van der Waals surface area contributed by atoms with Crippen molar-refractivity contribution in [1.29, 1.82) is 5.26 Å². The molecule has 0 unspecified atom stereocenters. The van der Waals surface area contributed by atoms with E-state index in [1.807, 2.05) is 12.1 Å². The van der Waals surface area contributed by atoms with Crippen molar-refractivity contribution in [1.82, 2.24) is 0 Å². The predicted octanol–water partition coefficient (Wildman–Crippen LogP) is 7.59. The van der Waals surface area contributed by atoms with Crippen LogP contribution < -0.4 is 0 Å². The zero-order valence-corrected chi connectivity index (χ0v) is 23.0. The second-order valence-corrected chi connectivity index (χ2v) is 12.6. The Labute approximate surface area is 232 Å². The summed E-state index contributed by atoms with van der Waals surface area (Å²) >= 11 is 0. The highest BCUT2D eigenvalue weighted by Gasteiger charge is 2.78. The van der Waals surface area contributed by atoms with Crippen LogP contribution in [0.3, 0.4) is 0 Å². The van der Waals surface area contributed by atoms with Gasteiger partial charge in [-0.15, -0.1) is 0 Å². The molecule has 3 fully saturated rings. The third-order valence-electron chi connectivity index (χ3n) is 10.8. The van der Waals surface area contributed by atoms with Gasteiger partial charge in [0, 0.05) is 17.4 Å². The summed E-state index contributed by atoms with van der Waals surface area (Å²) in [5, 5.41) is 12.0. The number of ether oxygens (including phenoxy) is 1. The summed E-state index contributed by atoms with van der Waals surface area (Å²) in [6.07, 6.45) is 2.48. The fourth-order valence-corrected chi connectivity index (χ4v) is 9.31. The zero-order valence-electron chi connectivity index (χ0n) is 23.0.